The molecule has 1 aromatic heterocycles. The van der Waals surface area contributed by atoms with Crippen molar-refractivity contribution in [2.45, 2.75) is 57.6 Å². The van der Waals surface area contributed by atoms with E-state index >= 15 is 0 Å². The van der Waals surface area contributed by atoms with Gasteiger partial charge in [0.2, 0.25) is 0 Å². The van der Waals surface area contributed by atoms with Crippen LogP contribution in [0.2, 0.25) is 0 Å². The van der Waals surface area contributed by atoms with Crippen molar-refractivity contribution in [3.63, 3.8) is 0 Å². The van der Waals surface area contributed by atoms with Gasteiger partial charge in [-0.25, -0.2) is 22.6 Å². The number of rotatable bonds is 10. The van der Waals surface area contributed by atoms with Crippen LogP contribution in [0.1, 0.15) is 39.0 Å². The molecule has 0 aliphatic heterocycles. The number of aryl methyl sites for hydroxylation is 1. The number of nitrogens with one attached hydrogen (secondary N) is 2. The van der Waals surface area contributed by atoms with Crippen molar-refractivity contribution in [2.75, 3.05) is 13.6 Å². The topological polar surface area (TPSA) is 157 Å². The number of aromatic nitrogens is 2. The van der Waals surface area contributed by atoms with E-state index in [1.165, 1.54) is 19.1 Å². The molecule has 44 heavy (non-hydrogen) atoms. The highest BCUT2D eigenvalue weighted by atomic mass is 32.2. The molecule has 2 atom stereocenters. The van der Waals surface area contributed by atoms with Gasteiger partial charge in [0.05, 0.1) is 16.3 Å². The number of carbonyl (C=O) groups excluding carboxylic acids is 2. The number of quaternary nitrogens is 1. The van der Waals surface area contributed by atoms with Gasteiger partial charge in [-0.2, -0.15) is 18.3 Å². The first-order valence-corrected chi connectivity index (χ1v) is 14.5. The minimum absolute atomic E-state index is 0.127. The lowest BCUT2D eigenvalue weighted by atomic mass is 10.1. The molecule has 3 aromatic rings. The van der Waals surface area contributed by atoms with Gasteiger partial charge in [0.1, 0.15) is 12.1 Å². The molecule has 0 spiro atoms. The summed E-state index contributed by atoms with van der Waals surface area (Å²) in [5.41, 5.74) is -0.367. The van der Waals surface area contributed by atoms with Crippen LogP contribution in [0, 0.1) is 12.1 Å². The van der Waals surface area contributed by atoms with Crippen molar-refractivity contribution < 1.29 is 50.8 Å². The van der Waals surface area contributed by atoms with Gasteiger partial charge in [0.25, 0.3) is 22.2 Å². The predicted octanol–water partition coefficient (Wildman–Crippen LogP) is 3.13. The third kappa shape index (κ3) is 9.48. The molecule has 0 saturated heterocycles. The predicted molar refractivity (Wildman–Crippen MR) is 149 cm³/mol. The highest BCUT2D eigenvalue weighted by Crippen LogP contribution is 2.33. The number of halogens is 3. The number of alkyl halides is 3. The van der Waals surface area contributed by atoms with Gasteiger partial charge in [-0.05, 0) is 58.0 Å². The summed E-state index contributed by atoms with van der Waals surface area (Å²) in [6.45, 7) is 7.13. The number of likely N-dealkylation sites (N-methyl/N-ethyl adjacent to an activating group) is 1. The van der Waals surface area contributed by atoms with Gasteiger partial charge in [-0.3, -0.25) is 4.79 Å². The fourth-order valence-electron chi connectivity index (χ4n) is 3.60. The third-order valence-electron chi connectivity index (χ3n) is 5.60. The average Bonchev–Trinajstić information content (AvgIpc) is 3.34. The molecule has 2 N–H and O–H groups in total. The van der Waals surface area contributed by atoms with E-state index in [-0.39, 0.29) is 16.3 Å². The molecule has 1 heterocycles. The Morgan fingerprint density at radius 3 is 2.23 bits per heavy atom. The lowest BCUT2D eigenvalue weighted by Gasteiger charge is -2.29. The smallest absolute Gasteiger partial charge is 0.511 e. The first-order chi connectivity index (χ1) is 20.2. The lowest BCUT2D eigenvalue weighted by molar-refractivity contribution is -1.15. The number of amides is 1. The van der Waals surface area contributed by atoms with Gasteiger partial charge < -0.3 is 14.7 Å². The van der Waals surface area contributed by atoms with E-state index in [9.17, 15) is 36.4 Å². The van der Waals surface area contributed by atoms with Crippen LogP contribution in [0.3, 0.4) is 0 Å². The molecule has 0 aliphatic carbocycles. The quantitative estimate of drug-likeness (QED) is 0.191. The SMILES string of the molecule is Cc1ccc(-c2cc(C(F)(F)F)nn2-c2ccc(S(=O)(=O)NC(=O)CN(C)[NH+]([O-])OC(C)OC(=O)OC(C)(C)C)cc2)cc1. The van der Waals surface area contributed by atoms with Gasteiger partial charge in [0.15, 0.2) is 5.69 Å². The fourth-order valence-corrected chi connectivity index (χ4v) is 4.58. The minimum Gasteiger partial charge on any atom is -0.579 e. The Morgan fingerprint density at radius 2 is 1.68 bits per heavy atom. The van der Waals surface area contributed by atoms with E-state index in [4.69, 9.17) is 14.3 Å². The average molecular weight is 644 g/mol. The number of carbonyl (C=O) groups is 2. The van der Waals surface area contributed by atoms with Crippen LogP contribution in [0.25, 0.3) is 16.9 Å². The molecule has 1 amide bonds. The van der Waals surface area contributed by atoms with E-state index in [0.717, 1.165) is 40.5 Å². The van der Waals surface area contributed by atoms with Gasteiger partial charge in [0, 0.05) is 19.5 Å². The number of nitrogens with zero attached hydrogens (tertiary/aromatic N) is 3. The largest absolute Gasteiger partial charge is 0.579 e. The Balaban J connectivity index is 1.68. The van der Waals surface area contributed by atoms with Crippen molar-refractivity contribution in [3.05, 3.63) is 71.1 Å². The van der Waals surface area contributed by atoms with Crippen LogP contribution in [0.15, 0.2) is 59.5 Å². The highest BCUT2D eigenvalue weighted by Gasteiger charge is 2.35. The Labute approximate surface area is 251 Å². The maximum absolute atomic E-state index is 13.5. The van der Waals surface area contributed by atoms with Crippen LogP contribution in [0.4, 0.5) is 18.0 Å². The molecule has 3 rings (SSSR count). The van der Waals surface area contributed by atoms with Crippen molar-refractivity contribution >= 4 is 22.1 Å². The summed E-state index contributed by atoms with van der Waals surface area (Å²) in [6, 6.07) is 12.3. The maximum atomic E-state index is 13.5. The summed E-state index contributed by atoms with van der Waals surface area (Å²) in [6.07, 6.45) is -7.19. The Bertz CT molecular complexity index is 1570. The normalized spacial score (nSPS) is 13.8. The zero-order chi connectivity index (χ0) is 33.0. The first-order valence-electron chi connectivity index (χ1n) is 13.0. The monoisotopic (exact) mass is 643 g/mol. The first kappa shape index (κ1) is 34.5. The zero-order valence-corrected chi connectivity index (χ0v) is 25.4. The van der Waals surface area contributed by atoms with Crippen molar-refractivity contribution in [1.29, 1.82) is 0 Å². The van der Waals surface area contributed by atoms with Gasteiger partial charge >= 0.3 is 12.3 Å². The molecule has 2 unspecified atom stereocenters. The Kier molecular flexibility index (Phi) is 10.4. The van der Waals surface area contributed by atoms with E-state index < -0.39 is 57.7 Å². The number of benzene rings is 2. The second kappa shape index (κ2) is 13.3. The zero-order valence-electron chi connectivity index (χ0n) is 24.6. The molecule has 0 radical (unpaired) electrons. The van der Waals surface area contributed by atoms with E-state index in [1.807, 2.05) is 6.92 Å². The maximum Gasteiger partial charge on any atom is 0.511 e. The standard InChI is InChI=1S/C27H32F3N5O8S/c1-17-7-9-19(10-8-17)22-15-23(27(28,29)30)31-34(22)20-11-13-21(14-12-20)44(39,40)32-24(36)16-33(6)35(38)43-18(2)41-25(37)42-26(3,4)5/h7-15,18,35H,16H2,1-6H3,(H,32,36). The third-order valence-corrected chi connectivity index (χ3v) is 6.99. The Morgan fingerprint density at radius 1 is 1.09 bits per heavy atom. The highest BCUT2D eigenvalue weighted by molar-refractivity contribution is 7.90. The molecule has 13 nitrogen and oxygen atoms in total. The molecular weight excluding hydrogens is 611 g/mol. The fraction of sp³-hybridized carbons (Fsp3) is 0.370. The second-order valence-electron chi connectivity index (χ2n) is 10.6. The second-order valence-corrected chi connectivity index (χ2v) is 12.3. The van der Waals surface area contributed by atoms with Crippen molar-refractivity contribution in [2.24, 2.45) is 0 Å². The summed E-state index contributed by atoms with van der Waals surface area (Å²) < 4.78 is 78.6. The van der Waals surface area contributed by atoms with E-state index in [2.05, 4.69) is 5.10 Å². The summed E-state index contributed by atoms with van der Waals surface area (Å²) >= 11 is 0. The molecule has 240 valence electrons. The van der Waals surface area contributed by atoms with E-state index in [0.29, 0.717) is 5.56 Å². The van der Waals surface area contributed by atoms with Crippen LogP contribution < -0.4 is 10.1 Å². The van der Waals surface area contributed by atoms with Crippen LogP contribution >= 0.6 is 0 Å². The molecule has 0 fully saturated rings. The number of ether oxygens (including phenoxy) is 2. The Hall–Kier alpha value is -4.03. The molecule has 0 saturated carbocycles. The van der Waals surface area contributed by atoms with E-state index in [1.54, 1.807) is 49.8 Å². The summed E-state index contributed by atoms with van der Waals surface area (Å²) in [5, 5.41) is 15.6. The molecule has 0 bridgehead atoms. The van der Waals surface area contributed by atoms with Crippen molar-refractivity contribution in [3.8, 4) is 16.9 Å². The lowest BCUT2D eigenvalue weighted by Crippen LogP contribution is -3.13. The molecule has 17 heteroatoms. The van der Waals surface area contributed by atoms with Crippen molar-refractivity contribution in [1.82, 2.24) is 19.5 Å². The number of sulfonamides is 1. The van der Waals surface area contributed by atoms with Gasteiger partial charge in [-0.15, -0.1) is 15.2 Å². The molecular formula is C27H32F3N5O8S. The molecule has 0 aliphatic rings. The van der Waals surface area contributed by atoms with Gasteiger partial charge in [-0.1, -0.05) is 29.8 Å². The van der Waals surface area contributed by atoms with Crippen LogP contribution in [0.5, 0.6) is 0 Å². The number of hydrogen-bond acceptors (Lipinski definition) is 10. The summed E-state index contributed by atoms with van der Waals surface area (Å²) in [5.74, 6) is -1.10. The molecule has 2 aromatic carbocycles. The van der Waals surface area contributed by atoms with Crippen LogP contribution in [-0.4, -0.2) is 60.8 Å². The minimum atomic E-state index is -4.72. The summed E-state index contributed by atoms with van der Waals surface area (Å²) in [4.78, 5) is 28.6. The summed E-state index contributed by atoms with van der Waals surface area (Å²) in [7, 11) is -3.30. The number of hydrogen-bond donors (Lipinski definition) is 2. The van der Waals surface area contributed by atoms with Crippen LogP contribution in [-0.2, 0) is 35.3 Å².